The van der Waals surface area contributed by atoms with E-state index in [0.29, 0.717) is 29.9 Å². The smallest absolute Gasteiger partial charge is 0.251 e. The van der Waals surface area contributed by atoms with E-state index in [-0.39, 0.29) is 5.91 Å². The number of rotatable bonds is 5. The van der Waals surface area contributed by atoms with Gasteiger partial charge in [0.25, 0.3) is 5.91 Å². The van der Waals surface area contributed by atoms with Crippen LogP contribution in [0.4, 0.5) is 0 Å². The second-order valence-electron chi connectivity index (χ2n) is 6.34. The number of amides is 1. The molecule has 0 unspecified atom stereocenters. The highest BCUT2D eigenvalue weighted by atomic mass is 16.5. The third-order valence-corrected chi connectivity index (χ3v) is 4.58. The average molecular weight is 357 g/mol. The van der Waals surface area contributed by atoms with Crippen LogP contribution >= 0.6 is 0 Å². The molecule has 2 aromatic rings. The van der Waals surface area contributed by atoms with E-state index >= 15 is 0 Å². The first-order valence-corrected chi connectivity index (χ1v) is 8.61. The number of ether oxygens (including phenoxy) is 2. The zero-order valence-corrected chi connectivity index (χ0v) is 14.5. The number of nitrogens with one attached hydrogen (secondary N) is 1. The Balaban J connectivity index is 1.61. The predicted molar refractivity (Wildman–Crippen MR) is 96.4 cm³/mol. The van der Waals surface area contributed by atoms with E-state index in [1.165, 1.54) is 7.11 Å². The molecule has 0 heterocycles. The summed E-state index contributed by atoms with van der Waals surface area (Å²) in [6.45, 7) is 0. The highest BCUT2D eigenvalue weighted by Gasteiger charge is 2.39. The molecule has 1 aliphatic rings. The van der Waals surface area contributed by atoms with Crippen LogP contribution in [0.2, 0.25) is 0 Å². The third-order valence-electron chi connectivity index (χ3n) is 4.58. The maximum Gasteiger partial charge on any atom is 0.251 e. The number of aliphatic hydroxyl groups excluding tert-OH is 2. The van der Waals surface area contributed by atoms with Crippen molar-refractivity contribution in [3.8, 4) is 11.5 Å². The molecular formula is C20H23NO5. The van der Waals surface area contributed by atoms with Crippen LogP contribution in [-0.2, 0) is 0 Å². The van der Waals surface area contributed by atoms with Crippen molar-refractivity contribution in [2.24, 2.45) is 0 Å². The summed E-state index contributed by atoms with van der Waals surface area (Å²) >= 11 is 0. The number of hydrogen-bond acceptors (Lipinski definition) is 5. The molecule has 3 N–H and O–H groups in total. The van der Waals surface area contributed by atoms with Gasteiger partial charge in [-0.25, -0.2) is 0 Å². The lowest BCUT2D eigenvalue weighted by Gasteiger charge is -2.37. The second-order valence-corrected chi connectivity index (χ2v) is 6.34. The molecule has 0 radical (unpaired) electrons. The van der Waals surface area contributed by atoms with Crippen molar-refractivity contribution in [2.75, 3.05) is 7.11 Å². The molecule has 4 atom stereocenters. The molecule has 138 valence electrons. The number of carbonyl (C=O) groups is 1. The molecule has 6 nitrogen and oxygen atoms in total. The molecule has 0 spiro atoms. The number of para-hydroxylation sites is 1. The second kappa shape index (κ2) is 8.21. The molecule has 0 saturated heterocycles. The van der Waals surface area contributed by atoms with Gasteiger partial charge in [-0.05, 0) is 43.2 Å². The quantitative estimate of drug-likeness (QED) is 0.759. The predicted octanol–water partition coefficient (Wildman–Crippen LogP) is 1.76. The minimum Gasteiger partial charge on any atom is -0.497 e. The van der Waals surface area contributed by atoms with E-state index in [0.717, 1.165) is 0 Å². The van der Waals surface area contributed by atoms with Gasteiger partial charge in [0.15, 0.2) is 0 Å². The normalized spacial score (nSPS) is 25.3. The van der Waals surface area contributed by atoms with Crippen LogP contribution in [0.1, 0.15) is 23.2 Å². The van der Waals surface area contributed by atoms with E-state index in [1.807, 2.05) is 18.2 Å². The topological polar surface area (TPSA) is 88.0 Å². The van der Waals surface area contributed by atoms with Crippen LogP contribution < -0.4 is 14.8 Å². The zero-order chi connectivity index (χ0) is 18.5. The molecule has 1 amide bonds. The Morgan fingerprint density at radius 1 is 1.00 bits per heavy atom. The lowest BCUT2D eigenvalue weighted by Crippen LogP contribution is -2.57. The van der Waals surface area contributed by atoms with E-state index in [2.05, 4.69) is 5.32 Å². The van der Waals surface area contributed by atoms with Gasteiger partial charge >= 0.3 is 0 Å². The van der Waals surface area contributed by atoms with E-state index in [1.54, 1.807) is 36.4 Å². The molecule has 6 heteroatoms. The third kappa shape index (κ3) is 4.15. The van der Waals surface area contributed by atoms with Gasteiger partial charge in [0.1, 0.15) is 29.8 Å². The maximum absolute atomic E-state index is 12.4. The van der Waals surface area contributed by atoms with Gasteiger partial charge in [0, 0.05) is 5.56 Å². The number of carbonyl (C=O) groups excluding carboxylic acids is 1. The van der Waals surface area contributed by atoms with Gasteiger partial charge in [-0.2, -0.15) is 0 Å². The largest absolute Gasteiger partial charge is 0.497 e. The summed E-state index contributed by atoms with van der Waals surface area (Å²) in [6, 6.07) is 15.4. The van der Waals surface area contributed by atoms with Crippen molar-refractivity contribution in [1.82, 2.24) is 5.32 Å². The monoisotopic (exact) mass is 357 g/mol. The van der Waals surface area contributed by atoms with E-state index in [4.69, 9.17) is 9.47 Å². The minimum absolute atomic E-state index is 0.317. The molecule has 1 fully saturated rings. The van der Waals surface area contributed by atoms with Crippen LogP contribution in [0.15, 0.2) is 54.6 Å². The van der Waals surface area contributed by atoms with Crippen LogP contribution in [0.25, 0.3) is 0 Å². The summed E-state index contributed by atoms with van der Waals surface area (Å²) in [5, 5.41) is 23.6. The van der Waals surface area contributed by atoms with Gasteiger partial charge in [-0.1, -0.05) is 24.3 Å². The number of benzene rings is 2. The molecule has 1 aliphatic carbocycles. The Labute approximate surface area is 152 Å². The van der Waals surface area contributed by atoms with Crippen LogP contribution in [-0.4, -0.2) is 47.6 Å². The molecule has 0 aromatic heterocycles. The summed E-state index contributed by atoms with van der Waals surface area (Å²) in [6.07, 6.45) is -1.68. The van der Waals surface area contributed by atoms with Crippen molar-refractivity contribution >= 4 is 5.91 Å². The Morgan fingerprint density at radius 2 is 1.73 bits per heavy atom. The van der Waals surface area contributed by atoms with Crippen molar-refractivity contribution < 1.29 is 24.5 Å². The van der Waals surface area contributed by atoms with Crippen LogP contribution in [0.3, 0.4) is 0 Å². The highest BCUT2D eigenvalue weighted by Crippen LogP contribution is 2.25. The molecule has 0 aliphatic heterocycles. The lowest BCUT2D eigenvalue weighted by atomic mass is 9.87. The van der Waals surface area contributed by atoms with Gasteiger partial charge in [-0.15, -0.1) is 0 Å². The van der Waals surface area contributed by atoms with Crippen molar-refractivity contribution in [1.29, 1.82) is 0 Å². The molecule has 2 aromatic carbocycles. The standard InChI is InChI=1S/C20H23NO5/c1-25-15-9-5-6-13(12-15)20(24)21-16-10-11-17(19(23)18(16)22)26-14-7-3-2-4-8-14/h2-9,12,16-19,22-23H,10-11H2,1H3,(H,21,24)/t16-,17-,18-,19-/m1/s1. The Morgan fingerprint density at radius 3 is 2.46 bits per heavy atom. The first-order valence-electron chi connectivity index (χ1n) is 8.61. The zero-order valence-electron chi connectivity index (χ0n) is 14.5. The first-order chi connectivity index (χ1) is 12.6. The van der Waals surface area contributed by atoms with Crippen molar-refractivity contribution in [3.05, 3.63) is 60.2 Å². The Kier molecular flexibility index (Phi) is 5.75. The first kappa shape index (κ1) is 18.2. The molecule has 1 saturated carbocycles. The van der Waals surface area contributed by atoms with Crippen molar-refractivity contribution in [3.63, 3.8) is 0 Å². The van der Waals surface area contributed by atoms with Crippen molar-refractivity contribution in [2.45, 2.75) is 37.2 Å². The summed E-state index contributed by atoms with van der Waals surface area (Å²) in [7, 11) is 1.53. The Bertz CT molecular complexity index is 736. The highest BCUT2D eigenvalue weighted by molar-refractivity contribution is 5.94. The SMILES string of the molecule is COc1cccc(C(=O)N[C@@H]2CC[C@@H](Oc3ccccc3)[C@@H](O)[C@@H]2O)c1. The van der Waals surface area contributed by atoms with Crippen LogP contribution in [0, 0.1) is 0 Å². The summed E-state index contributed by atoms with van der Waals surface area (Å²) in [4.78, 5) is 12.4. The van der Waals surface area contributed by atoms with Gasteiger partial charge in [0.05, 0.1) is 13.2 Å². The van der Waals surface area contributed by atoms with Gasteiger partial charge in [-0.3, -0.25) is 4.79 Å². The minimum atomic E-state index is -1.10. The van der Waals surface area contributed by atoms with E-state index in [9.17, 15) is 15.0 Å². The number of methoxy groups -OCH3 is 1. The van der Waals surface area contributed by atoms with E-state index < -0.39 is 24.4 Å². The fourth-order valence-electron chi connectivity index (χ4n) is 3.12. The maximum atomic E-state index is 12.4. The fourth-order valence-corrected chi connectivity index (χ4v) is 3.12. The van der Waals surface area contributed by atoms with Crippen LogP contribution in [0.5, 0.6) is 11.5 Å². The van der Waals surface area contributed by atoms with Gasteiger partial charge in [0.2, 0.25) is 0 Å². The Hall–Kier alpha value is -2.57. The lowest BCUT2D eigenvalue weighted by molar-refractivity contribution is -0.0874. The van der Waals surface area contributed by atoms with Gasteiger partial charge < -0.3 is 25.0 Å². The number of aliphatic hydroxyl groups is 2. The molecular weight excluding hydrogens is 334 g/mol. The number of hydrogen-bond donors (Lipinski definition) is 3. The summed E-state index contributed by atoms with van der Waals surface area (Å²) in [5.41, 5.74) is 0.439. The average Bonchev–Trinajstić information content (AvgIpc) is 2.68. The summed E-state index contributed by atoms with van der Waals surface area (Å²) in [5.74, 6) is 0.906. The fraction of sp³-hybridized carbons (Fsp3) is 0.350. The molecule has 26 heavy (non-hydrogen) atoms. The summed E-state index contributed by atoms with van der Waals surface area (Å²) < 4.78 is 10.9. The molecule has 0 bridgehead atoms. The molecule has 3 rings (SSSR count).